The Labute approximate surface area is 165 Å². The molecule has 0 saturated carbocycles. The highest BCUT2D eigenvalue weighted by atomic mass is 16.5. The molecule has 0 radical (unpaired) electrons. The number of carbonyl (C=O) groups is 1. The highest BCUT2D eigenvalue weighted by Crippen LogP contribution is 2.24. The Morgan fingerprint density at radius 3 is 2.46 bits per heavy atom. The van der Waals surface area contributed by atoms with Crippen LogP contribution in [0, 0.1) is 19.8 Å². The number of likely N-dealkylation sites (tertiary alicyclic amines) is 1. The minimum Gasteiger partial charge on any atom is -0.497 e. The molecule has 2 heterocycles. The first kappa shape index (κ1) is 18.5. The summed E-state index contributed by atoms with van der Waals surface area (Å²) in [5.41, 5.74) is 5.58. The number of amides is 1. The van der Waals surface area contributed by atoms with Gasteiger partial charge in [-0.3, -0.25) is 4.79 Å². The molecule has 1 amide bonds. The van der Waals surface area contributed by atoms with Gasteiger partial charge in [-0.2, -0.15) is 0 Å². The van der Waals surface area contributed by atoms with Crippen LogP contribution in [-0.4, -0.2) is 40.6 Å². The molecular formula is C23H27N3O2. The zero-order chi connectivity index (χ0) is 19.7. The molecule has 0 spiro atoms. The van der Waals surface area contributed by atoms with Crippen LogP contribution in [0.4, 0.5) is 0 Å². The third-order valence-electron chi connectivity index (χ3n) is 5.93. The lowest BCUT2D eigenvalue weighted by Crippen LogP contribution is -2.39. The molecule has 0 N–H and O–H groups in total. The molecule has 5 nitrogen and oxygen atoms in total. The fourth-order valence-corrected chi connectivity index (χ4v) is 3.97. The summed E-state index contributed by atoms with van der Waals surface area (Å²) in [5.74, 6) is 1.45. The van der Waals surface area contributed by atoms with Crippen molar-refractivity contribution in [3.05, 3.63) is 59.4 Å². The molecule has 0 atom stereocenters. The van der Waals surface area contributed by atoms with Crippen LogP contribution < -0.4 is 4.74 Å². The number of imidazole rings is 1. The summed E-state index contributed by atoms with van der Waals surface area (Å²) >= 11 is 0. The molecule has 0 aliphatic carbocycles. The number of benzene rings is 2. The van der Waals surface area contributed by atoms with E-state index in [0.29, 0.717) is 5.92 Å². The number of aryl methyl sites for hydroxylation is 2. The summed E-state index contributed by atoms with van der Waals surface area (Å²) in [7, 11) is 1.63. The van der Waals surface area contributed by atoms with E-state index in [1.807, 2.05) is 35.5 Å². The molecule has 28 heavy (non-hydrogen) atoms. The van der Waals surface area contributed by atoms with Gasteiger partial charge >= 0.3 is 0 Å². The first-order valence-corrected chi connectivity index (χ1v) is 9.90. The quantitative estimate of drug-likeness (QED) is 0.684. The number of piperidine rings is 1. The fourth-order valence-electron chi connectivity index (χ4n) is 3.97. The van der Waals surface area contributed by atoms with Crippen LogP contribution in [0.1, 0.15) is 34.3 Å². The second-order valence-electron chi connectivity index (χ2n) is 7.79. The van der Waals surface area contributed by atoms with Gasteiger partial charge in [0, 0.05) is 25.2 Å². The lowest BCUT2D eigenvalue weighted by Gasteiger charge is -2.32. The molecule has 1 aliphatic rings. The molecule has 0 unspecified atom stereocenters. The summed E-state index contributed by atoms with van der Waals surface area (Å²) < 4.78 is 7.44. The van der Waals surface area contributed by atoms with Crippen LogP contribution in [0.3, 0.4) is 0 Å². The van der Waals surface area contributed by atoms with Crippen LogP contribution in [-0.2, 0) is 6.54 Å². The molecule has 1 aliphatic heterocycles. The average Bonchev–Trinajstić information content (AvgIpc) is 3.10. The Bertz CT molecular complexity index is 983. The van der Waals surface area contributed by atoms with Crippen LogP contribution in [0.2, 0.25) is 0 Å². The van der Waals surface area contributed by atoms with Crippen molar-refractivity contribution in [2.75, 3.05) is 20.2 Å². The molecular weight excluding hydrogens is 350 g/mol. The lowest BCUT2D eigenvalue weighted by molar-refractivity contribution is 0.0683. The summed E-state index contributed by atoms with van der Waals surface area (Å²) in [6.45, 7) is 6.85. The Morgan fingerprint density at radius 1 is 1.11 bits per heavy atom. The third-order valence-corrected chi connectivity index (χ3v) is 5.93. The molecule has 4 rings (SSSR count). The molecule has 5 heteroatoms. The molecule has 2 aromatic carbocycles. The maximum atomic E-state index is 12.7. The van der Waals surface area contributed by atoms with Gasteiger partial charge in [0.15, 0.2) is 0 Å². The van der Waals surface area contributed by atoms with Gasteiger partial charge in [-0.1, -0.05) is 0 Å². The Balaban J connectivity index is 1.39. The second-order valence-corrected chi connectivity index (χ2v) is 7.79. The van der Waals surface area contributed by atoms with Crippen molar-refractivity contribution in [2.24, 2.45) is 5.92 Å². The summed E-state index contributed by atoms with van der Waals surface area (Å²) in [5, 5.41) is 0. The van der Waals surface area contributed by atoms with Crippen molar-refractivity contribution >= 4 is 16.9 Å². The van der Waals surface area contributed by atoms with E-state index in [1.54, 1.807) is 7.11 Å². The van der Waals surface area contributed by atoms with Crippen molar-refractivity contribution in [1.29, 1.82) is 0 Å². The van der Waals surface area contributed by atoms with Crippen LogP contribution in [0.15, 0.2) is 42.7 Å². The number of ether oxygens (including phenoxy) is 1. The van der Waals surface area contributed by atoms with Crippen LogP contribution >= 0.6 is 0 Å². The van der Waals surface area contributed by atoms with Crippen molar-refractivity contribution in [3.8, 4) is 5.75 Å². The largest absolute Gasteiger partial charge is 0.497 e. The Kier molecular flexibility index (Phi) is 5.07. The van der Waals surface area contributed by atoms with Crippen molar-refractivity contribution in [2.45, 2.75) is 33.2 Å². The van der Waals surface area contributed by atoms with Gasteiger partial charge in [-0.25, -0.2) is 4.98 Å². The van der Waals surface area contributed by atoms with Gasteiger partial charge in [-0.15, -0.1) is 0 Å². The van der Waals surface area contributed by atoms with Gasteiger partial charge < -0.3 is 14.2 Å². The highest BCUT2D eigenvalue weighted by Gasteiger charge is 2.24. The van der Waals surface area contributed by atoms with Gasteiger partial charge in [0.25, 0.3) is 5.91 Å². The summed E-state index contributed by atoms with van der Waals surface area (Å²) in [4.78, 5) is 19.3. The van der Waals surface area contributed by atoms with E-state index in [9.17, 15) is 4.79 Å². The molecule has 1 aromatic heterocycles. The average molecular weight is 377 g/mol. The predicted molar refractivity (Wildman–Crippen MR) is 111 cm³/mol. The molecule has 146 valence electrons. The zero-order valence-electron chi connectivity index (χ0n) is 16.8. The monoisotopic (exact) mass is 377 g/mol. The second kappa shape index (κ2) is 7.66. The molecule has 3 aromatic rings. The fraction of sp³-hybridized carbons (Fsp3) is 0.391. The Morgan fingerprint density at radius 2 is 1.79 bits per heavy atom. The maximum Gasteiger partial charge on any atom is 0.253 e. The number of fused-ring (bicyclic) bond motifs is 1. The zero-order valence-corrected chi connectivity index (χ0v) is 16.8. The minimum absolute atomic E-state index is 0.111. The van der Waals surface area contributed by atoms with E-state index in [2.05, 4.69) is 35.5 Å². The molecule has 1 saturated heterocycles. The first-order valence-electron chi connectivity index (χ1n) is 9.90. The third kappa shape index (κ3) is 3.61. The molecule has 0 bridgehead atoms. The number of rotatable bonds is 4. The Hall–Kier alpha value is -2.82. The SMILES string of the molecule is COc1ccc(C(=O)N2CCC(Cn3cnc4cc(C)c(C)cc43)CC2)cc1. The van der Waals surface area contributed by atoms with Crippen LogP contribution in [0.25, 0.3) is 11.0 Å². The number of carbonyl (C=O) groups excluding carboxylic acids is 1. The van der Waals surface area contributed by atoms with Gasteiger partial charge in [0.05, 0.1) is 24.5 Å². The van der Waals surface area contributed by atoms with Crippen molar-refractivity contribution < 1.29 is 9.53 Å². The van der Waals surface area contributed by atoms with Crippen molar-refractivity contribution in [1.82, 2.24) is 14.5 Å². The smallest absolute Gasteiger partial charge is 0.253 e. The van der Waals surface area contributed by atoms with Gasteiger partial charge in [0.2, 0.25) is 0 Å². The minimum atomic E-state index is 0.111. The summed E-state index contributed by atoms with van der Waals surface area (Å²) in [6.07, 6.45) is 4.00. The van der Waals surface area contributed by atoms with E-state index in [4.69, 9.17) is 4.74 Å². The van der Waals surface area contributed by atoms with E-state index in [0.717, 1.165) is 49.3 Å². The van der Waals surface area contributed by atoms with E-state index >= 15 is 0 Å². The van der Waals surface area contributed by atoms with E-state index < -0.39 is 0 Å². The van der Waals surface area contributed by atoms with E-state index in [1.165, 1.54) is 16.6 Å². The number of methoxy groups -OCH3 is 1. The standard InChI is InChI=1S/C23H27N3O2/c1-16-12-21-22(13-17(16)2)26(15-24-21)14-18-8-10-25(11-9-18)23(27)19-4-6-20(28-3)7-5-19/h4-7,12-13,15,18H,8-11,14H2,1-3H3. The van der Waals surface area contributed by atoms with Gasteiger partial charge in [-0.05, 0) is 80.1 Å². The lowest BCUT2D eigenvalue weighted by atomic mass is 9.96. The normalized spacial score (nSPS) is 15.2. The summed E-state index contributed by atoms with van der Waals surface area (Å²) in [6, 6.07) is 11.8. The maximum absolute atomic E-state index is 12.7. The number of hydrogen-bond donors (Lipinski definition) is 0. The van der Waals surface area contributed by atoms with Crippen molar-refractivity contribution in [3.63, 3.8) is 0 Å². The van der Waals surface area contributed by atoms with Gasteiger partial charge in [0.1, 0.15) is 5.75 Å². The highest BCUT2D eigenvalue weighted by molar-refractivity contribution is 5.94. The predicted octanol–water partition coefficient (Wildman–Crippen LogP) is 4.21. The number of hydrogen-bond acceptors (Lipinski definition) is 3. The first-order chi connectivity index (χ1) is 13.5. The van der Waals surface area contributed by atoms with Crippen LogP contribution in [0.5, 0.6) is 5.75 Å². The number of aromatic nitrogens is 2. The van der Waals surface area contributed by atoms with E-state index in [-0.39, 0.29) is 5.91 Å². The topological polar surface area (TPSA) is 47.4 Å². The molecule has 1 fully saturated rings. The number of nitrogens with zero attached hydrogens (tertiary/aromatic N) is 3.